The van der Waals surface area contributed by atoms with Gasteiger partial charge in [0, 0.05) is 114 Å². The van der Waals surface area contributed by atoms with Gasteiger partial charge in [-0.2, -0.15) is 0 Å². The Balaban J connectivity index is 0.926. The van der Waals surface area contributed by atoms with Gasteiger partial charge in [-0.1, -0.05) is 60.7 Å². The summed E-state index contributed by atoms with van der Waals surface area (Å²) in [5.41, 5.74) is 0.563. The fraction of sp³-hybridized carbons (Fsp3) is 0.524. The van der Waals surface area contributed by atoms with Gasteiger partial charge in [-0.3, -0.25) is 62.3 Å². The summed E-state index contributed by atoms with van der Waals surface area (Å²) in [6, 6.07) is 13.4. The molecule has 1 aliphatic carbocycles. The monoisotopic (exact) mass is 1640 g/mol. The normalized spacial score (nSPS) is 29.3. The number of piperidine rings is 1. The molecule has 7 aliphatic heterocycles. The van der Waals surface area contributed by atoms with Crippen molar-refractivity contribution in [3.8, 4) is 5.75 Å². The Morgan fingerprint density at radius 3 is 2.14 bits per heavy atom. The van der Waals surface area contributed by atoms with Crippen LogP contribution < -0.4 is 57.9 Å². The standard InChI is InChI=1S/C82H103FN14O21/c1-44-72(108)91-58(39-86-61(100)21-22-63(102)92-76-69(107)68(106)67(105)60(42-98)118-76)74(110)88-55-35-49-9-7-10-50(33-49)38-85-64(103)43-117-71-70-82(71)27-32-96(70)77(112)57(89-73(55)109)36-51-41-94(59-20-17-52(83)37-54(51)59)29-5-6-30-95(65(104)24-23-62(101)87-44)40-48-13-11-46(12-14-48)25-28-84-79(114)81(3)26-8-31-97(81)78(113)56(34-47-15-18-53(116-4)19-16-47)90-75(111)66(45(2)99)93-80(82)115/h7,9-20,33,37,41,44-45,55-58,60,66-71,76,98-99,105-107H,5-6,8,21-32,34-36,38-40,42-43H2,1-4H3,(H,84,114)(H,85,103)(H,86,100)(H,87,101)(H,88,110)(H,89,109)(H,90,111)(H,91,108)(H,92,102)(H,93,115)/t44-,45+,55-,56-,57-,58+,60?,66-,67?,68?,69?,70?,71+,76?,81-,82?/m0/s1. The lowest BCUT2D eigenvalue weighted by molar-refractivity contribution is -0.236. The molecule has 36 heteroatoms. The molecule has 7 unspecified atom stereocenters. The van der Waals surface area contributed by atoms with E-state index in [1.807, 2.05) is 28.8 Å². The molecule has 12 bridgehead atoms. The average Bonchev–Trinajstić information content (AvgIpc) is 1.51. The van der Waals surface area contributed by atoms with Crippen LogP contribution in [0.25, 0.3) is 10.9 Å². The van der Waals surface area contributed by atoms with Crippen molar-refractivity contribution in [3.05, 3.63) is 136 Å². The maximum Gasteiger partial charge on any atom is 0.246 e. The van der Waals surface area contributed by atoms with Gasteiger partial charge >= 0.3 is 0 Å². The SMILES string of the molecule is COc1ccc(C[C@@H]2NC(=O)[C@H]([C@@H](C)O)NC(=O)C34CCN5C(=O)[C@@H]6Cc7cn(c8ccc(F)cc78)CCCCN(Cc7ccc(cc7)CCNC(=O)[C@]7(C)CCCN7C2=O)C(=O)CCC(=O)N[C@@H](C)C(=O)N[C@H](CNC(=O)CCC(=O)NC2OC(CO)C(O)C(O)C2O)C(=O)N[C@@H](Cc2cccc(c2)CNC(=O)CO[C@@H]3C54)C(=O)N6)cc1. The highest BCUT2D eigenvalue weighted by Gasteiger charge is 2.77. The molecule has 4 aromatic carbocycles. The zero-order valence-corrected chi connectivity index (χ0v) is 66.0. The lowest BCUT2D eigenvalue weighted by atomic mass is 9.95. The van der Waals surface area contributed by atoms with Crippen molar-refractivity contribution in [3.63, 3.8) is 0 Å². The van der Waals surface area contributed by atoms with Gasteiger partial charge in [-0.05, 0) is 123 Å². The Morgan fingerprint density at radius 1 is 0.678 bits per heavy atom. The summed E-state index contributed by atoms with van der Waals surface area (Å²) < 4.78 is 34.9. The van der Waals surface area contributed by atoms with Crippen LogP contribution in [0.4, 0.5) is 4.39 Å². The van der Waals surface area contributed by atoms with Crippen LogP contribution in [-0.4, -0.2) is 265 Å². The number of hydrogen-bond acceptors (Lipinski definition) is 21. The van der Waals surface area contributed by atoms with Gasteiger partial charge in [-0.25, -0.2) is 4.39 Å². The van der Waals surface area contributed by atoms with Gasteiger partial charge in [0.25, 0.3) is 0 Å². The molecule has 4 fully saturated rings. The van der Waals surface area contributed by atoms with E-state index in [2.05, 4.69) is 53.2 Å². The molecule has 118 heavy (non-hydrogen) atoms. The van der Waals surface area contributed by atoms with E-state index in [4.69, 9.17) is 14.2 Å². The molecule has 634 valence electrons. The van der Waals surface area contributed by atoms with Crippen LogP contribution in [0.1, 0.15) is 112 Å². The predicted octanol–water partition coefficient (Wildman–Crippen LogP) is -2.79. The third-order valence-electron chi connectivity index (χ3n) is 23.4. The van der Waals surface area contributed by atoms with E-state index in [1.54, 1.807) is 72.6 Å². The molecular formula is C82H103FN14O21. The summed E-state index contributed by atoms with van der Waals surface area (Å²) in [7, 11) is 1.48. The number of hydrogen-bond donors (Lipinski definition) is 15. The summed E-state index contributed by atoms with van der Waals surface area (Å²) in [6.07, 6.45) is -11.0. The van der Waals surface area contributed by atoms with E-state index in [9.17, 15) is 59.1 Å². The second kappa shape index (κ2) is 37.7. The molecule has 5 aromatic rings. The Labute approximate surface area is 678 Å². The van der Waals surface area contributed by atoms with E-state index in [0.717, 1.165) is 5.56 Å². The molecule has 1 saturated carbocycles. The molecule has 0 radical (unpaired) electrons. The fourth-order valence-electron chi connectivity index (χ4n) is 16.6. The number of rotatable bonds is 11. The number of methoxy groups -OCH3 is 1. The minimum atomic E-state index is -1.86. The van der Waals surface area contributed by atoms with Crippen LogP contribution in [0, 0.1) is 11.2 Å². The van der Waals surface area contributed by atoms with Crippen molar-refractivity contribution in [2.45, 2.75) is 215 Å². The summed E-state index contributed by atoms with van der Waals surface area (Å²) in [5, 5.41) is 79.6. The van der Waals surface area contributed by atoms with Crippen LogP contribution in [0.2, 0.25) is 0 Å². The molecule has 35 nitrogen and oxygen atoms in total. The van der Waals surface area contributed by atoms with Gasteiger partial charge in [-0.15, -0.1) is 0 Å². The Kier molecular flexibility index (Phi) is 27.6. The van der Waals surface area contributed by atoms with Crippen LogP contribution in [0.3, 0.4) is 0 Å². The average molecular weight is 1640 g/mol. The van der Waals surface area contributed by atoms with Crippen LogP contribution in [0.5, 0.6) is 5.75 Å². The first-order chi connectivity index (χ1) is 56.4. The second-order valence-electron chi connectivity index (χ2n) is 31.6. The largest absolute Gasteiger partial charge is 0.497 e. The predicted molar refractivity (Wildman–Crippen MR) is 416 cm³/mol. The summed E-state index contributed by atoms with van der Waals surface area (Å²) in [6.45, 7) is 2.34. The first kappa shape index (κ1) is 86.3. The van der Waals surface area contributed by atoms with Gasteiger partial charge < -0.3 is 112 Å². The van der Waals surface area contributed by atoms with Crippen molar-refractivity contribution >= 4 is 87.7 Å². The highest BCUT2D eigenvalue weighted by Crippen LogP contribution is 2.59. The van der Waals surface area contributed by atoms with Gasteiger partial charge in [0.05, 0.1) is 32.0 Å². The van der Waals surface area contributed by atoms with E-state index in [-0.39, 0.29) is 77.9 Å². The molecule has 8 aliphatic rings. The number of aliphatic hydroxyl groups is 5. The van der Waals surface area contributed by atoms with Gasteiger partial charge in [0.2, 0.25) is 76.8 Å². The number of nitrogens with one attached hydrogen (secondary N) is 10. The molecule has 16 atom stereocenters. The van der Waals surface area contributed by atoms with E-state index in [0.29, 0.717) is 70.2 Å². The molecular weight excluding hydrogens is 1540 g/mol. The van der Waals surface area contributed by atoms with E-state index >= 15 is 33.2 Å². The Bertz CT molecular complexity index is 4610. The number of carbonyl (C=O) groups excluding carboxylic acids is 13. The Hall–Kier alpha value is -11.0. The molecule has 0 spiro atoms. The number of fused-ring (bicyclic) bond motifs is 16. The number of amides is 13. The van der Waals surface area contributed by atoms with Crippen LogP contribution in [0.15, 0.2) is 97.2 Å². The zero-order valence-electron chi connectivity index (χ0n) is 66.0. The van der Waals surface area contributed by atoms with E-state index < -0.39 is 224 Å². The highest BCUT2D eigenvalue weighted by atomic mass is 19.1. The minimum Gasteiger partial charge on any atom is -0.497 e. The minimum absolute atomic E-state index is 0.0730. The number of aryl methyl sites for hydroxylation is 1. The summed E-state index contributed by atoms with van der Waals surface area (Å²) in [5.74, 6) is -10.8. The third-order valence-corrected chi connectivity index (χ3v) is 23.4. The number of ether oxygens (including phenoxy) is 3. The smallest absolute Gasteiger partial charge is 0.246 e. The van der Waals surface area contributed by atoms with Gasteiger partial charge in [0.1, 0.15) is 89.8 Å². The number of carbonyl (C=O) groups is 13. The number of benzene rings is 4. The first-order valence-corrected chi connectivity index (χ1v) is 39.9. The van der Waals surface area contributed by atoms with Crippen molar-refractivity contribution in [2.75, 3.05) is 53.0 Å². The lowest BCUT2D eigenvalue weighted by Gasteiger charge is -2.40. The molecule has 8 heterocycles. The number of nitrogens with zero attached hydrogens (tertiary/aromatic N) is 4. The zero-order chi connectivity index (χ0) is 84.4. The molecule has 1 aromatic heterocycles. The summed E-state index contributed by atoms with van der Waals surface area (Å²) in [4.78, 5) is 196. The molecule has 3 saturated heterocycles. The van der Waals surface area contributed by atoms with Crippen molar-refractivity contribution in [1.82, 2.24) is 72.4 Å². The molecule has 13 amide bonds. The van der Waals surface area contributed by atoms with E-state index in [1.165, 1.54) is 42.9 Å². The molecule has 13 rings (SSSR count). The quantitative estimate of drug-likeness (QED) is 0.0636. The molecule has 15 N–H and O–H groups in total. The number of halogens is 1. The third kappa shape index (κ3) is 19.9. The number of aliphatic hydroxyl groups excluding tert-OH is 5. The van der Waals surface area contributed by atoms with Gasteiger partial charge in [0.15, 0.2) is 6.23 Å². The topological polar surface area (TPSA) is 486 Å². The van der Waals surface area contributed by atoms with Crippen molar-refractivity contribution in [1.29, 1.82) is 0 Å². The maximum atomic E-state index is 16.2. The van der Waals surface area contributed by atoms with Crippen molar-refractivity contribution in [2.24, 2.45) is 5.41 Å². The maximum absolute atomic E-state index is 16.2. The highest BCUT2D eigenvalue weighted by molar-refractivity contribution is 6.01. The van der Waals surface area contributed by atoms with Crippen LogP contribution >= 0.6 is 0 Å². The summed E-state index contributed by atoms with van der Waals surface area (Å²) >= 11 is 0. The lowest BCUT2D eigenvalue weighted by Crippen LogP contribution is -2.63. The fourth-order valence-corrected chi connectivity index (χ4v) is 16.6. The van der Waals surface area contributed by atoms with Crippen LogP contribution in [-0.2, 0) is 117 Å². The Morgan fingerprint density at radius 2 is 1.40 bits per heavy atom. The van der Waals surface area contributed by atoms with Crippen molar-refractivity contribution < 1.29 is 106 Å². The first-order valence-electron chi connectivity index (χ1n) is 39.9. The number of aromatic nitrogens is 1. The second-order valence-corrected chi connectivity index (χ2v) is 31.6.